The summed E-state index contributed by atoms with van der Waals surface area (Å²) in [6, 6.07) is 14.1. The minimum absolute atomic E-state index is 0.0124. The molecule has 1 aliphatic heterocycles. The van der Waals surface area contributed by atoms with E-state index in [4.69, 9.17) is 16.3 Å². The third-order valence-corrected chi connectivity index (χ3v) is 8.83. The van der Waals surface area contributed by atoms with Crippen LogP contribution in [0.25, 0.3) is 0 Å². The Kier molecular flexibility index (Phi) is 7.08. The highest BCUT2D eigenvalue weighted by molar-refractivity contribution is 7.89. The van der Waals surface area contributed by atoms with Crippen molar-refractivity contribution in [1.29, 1.82) is 0 Å². The fourth-order valence-electron chi connectivity index (χ4n) is 4.44. The number of nitrogens with one attached hydrogen (secondary N) is 1. The number of amides is 1. The number of halogens is 1. The van der Waals surface area contributed by atoms with Gasteiger partial charge in [0.2, 0.25) is 15.9 Å². The van der Waals surface area contributed by atoms with Crippen molar-refractivity contribution in [3.63, 3.8) is 0 Å². The summed E-state index contributed by atoms with van der Waals surface area (Å²) in [4.78, 5) is 13.3. The van der Waals surface area contributed by atoms with Gasteiger partial charge in [-0.3, -0.25) is 4.79 Å². The third-order valence-electron chi connectivity index (χ3n) is 6.67. The van der Waals surface area contributed by atoms with Crippen molar-refractivity contribution in [3.05, 3.63) is 59.1 Å². The molecule has 0 bridgehead atoms. The van der Waals surface area contributed by atoms with Crippen LogP contribution in [0.4, 0.5) is 0 Å². The molecule has 2 aromatic rings. The Morgan fingerprint density at radius 2 is 1.66 bits per heavy atom. The lowest BCUT2D eigenvalue weighted by molar-refractivity contribution is -0.127. The number of sulfonamides is 1. The quantitative estimate of drug-likeness (QED) is 0.642. The van der Waals surface area contributed by atoms with Crippen molar-refractivity contribution in [2.45, 2.75) is 43.0 Å². The molecule has 1 unspecified atom stereocenters. The summed E-state index contributed by atoms with van der Waals surface area (Å²) in [6.45, 7) is 0.670. The molecular formula is C24H29ClN2O4S. The van der Waals surface area contributed by atoms with E-state index in [0.717, 1.165) is 18.4 Å². The van der Waals surface area contributed by atoms with Gasteiger partial charge in [-0.25, -0.2) is 8.42 Å². The third kappa shape index (κ3) is 4.95. The normalized spacial score (nSPS) is 19.2. The molecule has 2 aromatic carbocycles. The lowest BCUT2D eigenvalue weighted by Crippen LogP contribution is -2.45. The first-order chi connectivity index (χ1) is 15.4. The van der Waals surface area contributed by atoms with Gasteiger partial charge in [-0.2, -0.15) is 4.31 Å². The highest BCUT2D eigenvalue weighted by atomic mass is 35.5. The fourth-order valence-corrected chi connectivity index (χ4v) is 6.04. The SMILES string of the molecule is COc1ccc(S(=O)(=O)N2CCC(C(=O)NC(c3ccc(Cl)cc3)C3CCC3)CC2)cc1. The molecule has 1 N–H and O–H groups in total. The fraction of sp³-hybridized carbons (Fsp3) is 0.458. The van der Waals surface area contributed by atoms with Gasteiger partial charge in [-0.1, -0.05) is 30.2 Å². The Hall–Kier alpha value is -2.09. The van der Waals surface area contributed by atoms with Crippen LogP contribution in [0.1, 0.15) is 43.7 Å². The maximum absolute atomic E-state index is 13.1. The molecule has 0 aromatic heterocycles. The molecule has 6 nitrogen and oxygen atoms in total. The smallest absolute Gasteiger partial charge is 0.243 e. The first kappa shape index (κ1) is 23.1. The van der Waals surface area contributed by atoms with Crippen LogP contribution in [-0.4, -0.2) is 38.8 Å². The molecular weight excluding hydrogens is 448 g/mol. The van der Waals surface area contributed by atoms with Gasteiger partial charge < -0.3 is 10.1 Å². The standard InChI is InChI=1S/C24H29ClN2O4S/c1-31-21-9-11-22(12-10-21)32(29,30)27-15-13-19(14-16-27)24(28)26-23(17-3-2-4-17)18-5-7-20(25)8-6-18/h5-12,17,19,23H,2-4,13-16H2,1H3,(H,26,28). The molecule has 1 heterocycles. The maximum Gasteiger partial charge on any atom is 0.243 e. The number of carbonyl (C=O) groups is 1. The van der Waals surface area contributed by atoms with E-state index in [9.17, 15) is 13.2 Å². The minimum Gasteiger partial charge on any atom is -0.497 e. The Balaban J connectivity index is 1.38. The monoisotopic (exact) mass is 476 g/mol. The minimum atomic E-state index is -3.58. The zero-order valence-corrected chi connectivity index (χ0v) is 19.7. The van der Waals surface area contributed by atoms with Crippen LogP contribution < -0.4 is 10.1 Å². The van der Waals surface area contributed by atoms with E-state index < -0.39 is 10.0 Å². The van der Waals surface area contributed by atoms with Crippen molar-refractivity contribution in [2.24, 2.45) is 11.8 Å². The number of piperidine rings is 1. The number of hydrogen-bond acceptors (Lipinski definition) is 4. The number of nitrogens with zero attached hydrogens (tertiary/aromatic N) is 1. The average Bonchev–Trinajstić information content (AvgIpc) is 2.78. The molecule has 1 atom stereocenters. The highest BCUT2D eigenvalue weighted by Crippen LogP contribution is 2.38. The van der Waals surface area contributed by atoms with Crippen molar-refractivity contribution in [3.8, 4) is 5.75 Å². The molecule has 1 saturated carbocycles. The lowest BCUT2D eigenvalue weighted by atomic mass is 9.77. The van der Waals surface area contributed by atoms with E-state index >= 15 is 0 Å². The van der Waals surface area contributed by atoms with Gasteiger partial charge in [-0.05, 0) is 73.6 Å². The van der Waals surface area contributed by atoms with Gasteiger partial charge >= 0.3 is 0 Å². The first-order valence-electron chi connectivity index (χ1n) is 11.1. The van der Waals surface area contributed by atoms with Crippen molar-refractivity contribution >= 4 is 27.5 Å². The topological polar surface area (TPSA) is 75.7 Å². The summed E-state index contributed by atoms with van der Waals surface area (Å²) in [6.07, 6.45) is 4.42. The molecule has 2 aliphatic rings. The number of carbonyl (C=O) groups excluding carboxylic acids is 1. The van der Waals surface area contributed by atoms with Crippen LogP contribution in [0.2, 0.25) is 5.02 Å². The van der Waals surface area contributed by atoms with Crippen molar-refractivity contribution in [2.75, 3.05) is 20.2 Å². The predicted molar refractivity (Wildman–Crippen MR) is 124 cm³/mol. The van der Waals surface area contributed by atoms with Crippen molar-refractivity contribution in [1.82, 2.24) is 9.62 Å². The predicted octanol–water partition coefficient (Wildman–Crippen LogP) is 4.41. The summed E-state index contributed by atoms with van der Waals surface area (Å²) in [7, 11) is -2.04. The van der Waals surface area contributed by atoms with E-state index in [0.29, 0.717) is 42.6 Å². The largest absolute Gasteiger partial charge is 0.497 e. The second kappa shape index (κ2) is 9.81. The molecule has 0 spiro atoms. The number of hydrogen-bond donors (Lipinski definition) is 1. The molecule has 8 heteroatoms. The van der Waals surface area contributed by atoms with E-state index in [-0.39, 0.29) is 22.8 Å². The van der Waals surface area contributed by atoms with Crippen LogP contribution in [0.15, 0.2) is 53.4 Å². The molecule has 0 radical (unpaired) electrons. The lowest BCUT2D eigenvalue weighted by Gasteiger charge is -2.36. The molecule has 32 heavy (non-hydrogen) atoms. The summed E-state index contributed by atoms with van der Waals surface area (Å²) >= 11 is 6.03. The zero-order chi connectivity index (χ0) is 22.7. The molecule has 4 rings (SSSR count). The van der Waals surface area contributed by atoms with Crippen molar-refractivity contribution < 1.29 is 17.9 Å². The number of rotatable bonds is 7. The van der Waals surface area contributed by atoms with Gasteiger partial charge in [-0.15, -0.1) is 0 Å². The van der Waals surface area contributed by atoms with Gasteiger partial charge in [0.15, 0.2) is 0 Å². The first-order valence-corrected chi connectivity index (χ1v) is 12.9. The second-order valence-electron chi connectivity index (χ2n) is 8.58. The maximum atomic E-state index is 13.1. The second-order valence-corrected chi connectivity index (χ2v) is 11.0. The Labute approximate surface area is 195 Å². The number of methoxy groups -OCH3 is 1. The zero-order valence-electron chi connectivity index (χ0n) is 18.2. The average molecular weight is 477 g/mol. The van der Waals surface area contributed by atoms with E-state index in [1.807, 2.05) is 24.3 Å². The van der Waals surface area contributed by atoms with Gasteiger partial charge in [0.05, 0.1) is 18.0 Å². The van der Waals surface area contributed by atoms with Gasteiger partial charge in [0.1, 0.15) is 5.75 Å². The van der Waals surface area contributed by atoms with Gasteiger partial charge in [0, 0.05) is 24.0 Å². The van der Waals surface area contributed by atoms with Crippen LogP contribution in [0, 0.1) is 11.8 Å². The Morgan fingerprint density at radius 1 is 1.03 bits per heavy atom. The molecule has 1 amide bonds. The van der Waals surface area contributed by atoms with E-state index in [2.05, 4.69) is 5.32 Å². The van der Waals surface area contributed by atoms with Crippen LogP contribution in [-0.2, 0) is 14.8 Å². The summed E-state index contributed by atoms with van der Waals surface area (Å²) < 4.78 is 32.5. The van der Waals surface area contributed by atoms with Crippen LogP contribution >= 0.6 is 11.6 Å². The van der Waals surface area contributed by atoms with Crippen LogP contribution in [0.3, 0.4) is 0 Å². The summed E-state index contributed by atoms with van der Waals surface area (Å²) in [5.74, 6) is 0.877. The molecule has 2 fully saturated rings. The van der Waals surface area contributed by atoms with Crippen LogP contribution in [0.5, 0.6) is 5.75 Å². The molecule has 172 valence electrons. The highest BCUT2D eigenvalue weighted by Gasteiger charge is 2.35. The Bertz CT molecular complexity index is 1030. The summed E-state index contributed by atoms with van der Waals surface area (Å²) in [5.41, 5.74) is 1.08. The van der Waals surface area contributed by atoms with Gasteiger partial charge in [0.25, 0.3) is 0 Å². The number of ether oxygens (including phenoxy) is 1. The molecule has 1 saturated heterocycles. The van der Waals surface area contributed by atoms with E-state index in [1.54, 1.807) is 31.4 Å². The van der Waals surface area contributed by atoms with E-state index in [1.165, 1.54) is 10.7 Å². The summed E-state index contributed by atoms with van der Waals surface area (Å²) in [5, 5.41) is 3.94. The molecule has 1 aliphatic carbocycles. The Morgan fingerprint density at radius 3 is 2.19 bits per heavy atom. The number of benzene rings is 2.